The first-order valence-electron chi connectivity index (χ1n) is 8.13. The third kappa shape index (κ3) is 5.37. The number of primary amides is 1. The first-order chi connectivity index (χ1) is 13.5. The van der Waals surface area contributed by atoms with Crippen LogP contribution in [0, 0.1) is 0 Å². The first-order valence-corrected chi connectivity index (χ1v) is 8.13. The number of rotatable bonds is 9. The second-order valence-electron chi connectivity index (χ2n) is 5.44. The number of nitrogens with zero attached hydrogens (tertiary/aromatic N) is 1. The molecule has 0 aliphatic rings. The van der Waals surface area contributed by atoms with Gasteiger partial charge >= 0.3 is 0 Å². The van der Waals surface area contributed by atoms with Crippen molar-refractivity contribution in [3.63, 3.8) is 0 Å². The van der Waals surface area contributed by atoms with Gasteiger partial charge in [-0.2, -0.15) is 5.10 Å². The number of benzene rings is 2. The highest BCUT2D eigenvalue weighted by Gasteiger charge is 2.12. The Balaban J connectivity index is 2.04. The Morgan fingerprint density at radius 3 is 2.14 bits per heavy atom. The van der Waals surface area contributed by atoms with Crippen molar-refractivity contribution in [2.75, 3.05) is 27.9 Å². The average molecular weight is 387 g/mol. The molecule has 3 N–H and O–H groups in total. The molecule has 2 aromatic rings. The molecular formula is C19H21N3O6. The monoisotopic (exact) mass is 387 g/mol. The van der Waals surface area contributed by atoms with Crippen molar-refractivity contribution in [1.29, 1.82) is 0 Å². The van der Waals surface area contributed by atoms with E-state index in [0.717, 1.165) is 0 Å². The molecule has 0 saturated heterocycles. The maximum absolute atomic E-state index is 12.1. The number of methoxy groups -OCH3 is 3. The number of hydrazone groups is 1. The normalized spacial score (nSPS) is 10.4. The third-order valence-corrected chi connectivity index (χ3v) is 3.56. The molecule has 0 atom stereocenters. The molecule has 0 unspecified atom stereocenters. The van der Waals surface area contributed by atoms with Gasteiger partial charge in [-0.15, -0.1) is 0 Å². The Kier molecular flexibility index (Phi) is 7.21. The van der Waals surface area contributed by atoms with Crippen molar-refractivity contribution < 1.29 is 28.5 Å². The molecule has 0 aliphatic carbocycles. The fourth-order valence-corrected chi connectivity index (χ4v) is 2.26. The SMILES string of the molecule is COc1cc(C=NNC(=O)c2ccc(OCC(N)=O)cc2)cc(OC)c1OC. The Hall–Kier alpha value is -3.75. The molecular weight excluding hydrogens is 366 g/mol. The molecule has 2 rings (SSSR count). The number of carbonyl (C=O) groups is 2. The number of nitrogens with two attached hydrogens (primary N) is 1. The highest BCUT2D eigenvalue weighted by atomic mass is 16.5. The maximum Gasteiger partial charge on any atom is 0.271 e. The standard InChI is InChI=1S/C19H21N3O6/c1-25-15-8-12(9-16(26-2)18(15)27-3)10-21-22-19(24)13-4-6-14(7-5-13)28-11-17(20)23/h4-10H,11H2,1-3H3,(H2,20,23)(H,22,24). The summed E-state index contributed by atoms with van der Waals surface area (Å²) >= 11 is 0. The summed E-state index contributed by atoms with van der Waals surface area (Å²) in [7, 11) is 4.53. The predicted molar refractivity (Wildman–Crippen MR) is 102 cm³/mol. The minimum absolute atomic E-state index is 0.232. The minimum Gasteiger partial charge on any atom is -0.493 e. The highest BCUT2D eigenvalue weighted by molar-refractivity contribution is 5.95. The Morgan fingerprint density at radius 2 is 1.64 bits per heavy atom. The molecule has 0 spiro atoms. The summed E-state index contributed by atoms with van der Waals surface area (Å²) in [5, 5.41) is 3.94. The van der Waals surface area contributed by atoms with Crippen LogP contribution in [0.2, 0.25) is 0 Å². The van der Waals surface area contributed by atoms with Crippen LogP contribution in [0.15, 0.2) is 41.5 Å². The molecule has 0 aromatic heterocycles. The van der Waals surface area contributed by atoms with E-state index in [9.17, 15) is 9.59 Å². The molecule has 2 amide bonds. The van der Waals surface area contributed by atoms with E-state index in [1.165, 1.54) is 27.5 Å². The summed E-state index contributed by atoms with van der Waals surface area (Å²) < 4.78 is 20.9. The van der Waals surface area contributed by atoms with E-state index in [2.05, 4.69) is 10.5 Å². The van der Waals surface area contributed by atoms with Crippen LogP contribution >= 0.6 is 0 Å². The summed E-state index contributed by atoms with van der Waals surface area (Å²) in [6.07, 6.45) is 1.45. The smallest absolute Gasteiger partial charge is 0.271 e. The van der Waals surface area contributed by atoms with E-state index in [4.69, 9.17) is 24.7 Å². The molecule has 0 aliphatic heterocycles. The van der Waals surface area contributed by atoms with Crippen LogP contribution in [0.3, 0.4) is 0 Å². The second kappa shape index (κ2) is 9.81. The van der Waals surface area contributed by atoms with Crippen molar-refractivity contribution >= 4 is 18.0 Å². The predicted octanol–water partition coefficient (Wildman–Crippen LogP) is 1.34. The lowest BCUT2D eigenvalue weighted by Crippen LogP contribution is -2.20. The maximum atomic E-state index is 12.1. The lowest BCUT2D eigenvalue weighted by atomic mass is 10.2. The van der Waals surface area contributed by atoms with Crippen LogP contribution in [0.25, 0.3) is 0 Å². The first kappa shape index (κ1) is 20.6. The third-order valence-electron chi connectivity index (χ3n) is 3.56. The zero-order valence-electron chi connectivity index (χ0n) is 15.7. The van der Waals surface area contributed by atoms with Crippen molar-refractivity contribution in [2.24, 2.45) is 10.8 Å². The van der Waals surface area contributed by atoms with E-state index in [0.29, 0.717) is 34.1 Å². The van der Waals surface area contributed by atoms with Crippen LogP contribution in [-0.4, -0.2) is 46.0 Å². The Morgan fingerprint density at radius 1 is 1.04 bits per heavy atom. The van der Waals surface area contributed by atoms with Gasteiger partial charge in [-0.1, -0.05) is 0 Å². The molecule has 0 heterocycles. The van der Waals surface area contributed by atoms with E-state index in [1.54, 1.807) is 36.4 Å². The largest absolute Gasteiger partial charge is 0.493 e. The minimum atomic E-state index is -0.581. The lowest BCUT2D eigenvalue weighted by molar-refractivity contribution is -0.119. The number of nitrogens with one attached hydrogen (secondary N) is 1. The number of hydrogen-bond acceptors (Lipinski definition) is 7. The van der Waals surface area contributed by atoms with Crippen LogP contribution < -0.4 is 30.1 Å². The summed E-state index contributed by atoms with van der Waals surface area (Å²) in [6, 6.07) is 9.59. The van der Waals surface area contributed by atoms with Gasteiger partial charge in [0.15, 0.2) is 18.1 Å². The van der Waals surface area contributed by atoms with Gasteiger partial charge in [-0.05, 0) is 36.4 Å². The van der Waals surface area contributed by atoms with Crippen LogP contribution in [0.1, 0.15) is 15.9 Å². The van der Waals surface area contributed by atoms with Gasteiger partial charge in [-0.25, -0.2) is 5.43 Å². The van der Waals surface area contributed by atoms with Crippen molar-refractivity contribution in [1.82, 2.24) is 5.43 Å². The fraction of sp³-hybridized carbons (Fsp3) is 0.211. The molecule has 148 valence electrons. The summed E-state index contributed by atoms with van der Waals surface area (Å²) in [4.78, 5) is 22.8. The number of amides is 2. The zero-order valence-corrected chi connectivity index (χ0v) is 15.7. The van der Waals surface area contributed by atoms with Crippen molar-refractivity contribution in [3.8, 4) is 23.0 Å². The van der Waals surface area contributed by atoms with Crippen LogP contribution in [0.4, 0.5) is 0 Å². The van der Waals surface area contributed by atoms with Crippen molar-refractivity contribution in [2.45, 2.75) is 0 Å². The molecule has 0 saturated carbocycles. The van der Waals surface area contributed by atoms with Gasteiger partial charge in [0.2, 0.25) is 5.75 Å². The quantitative estimate of drug-likeness (QED) is 0.495. The van der Waals surface area contributed by atoms with Crippen molar-refractivity contribution in [3.05, 3.63) is 47.5 Å². The van der Waals surface area contributed by atoms with Gasteiger partial charge in [0.1, 0.15) is 5.75 Å². The number of hydrogen-bond donors (Lipinski definition) is 2. The summed E-state index contributed by atoms with van der Waals surface area (Å²) in [5.41, 5.74) is 8.44. The Bertz CT molecular complexity index is 839. The van der Waals surface area contributed by atoms with Gasteiger partial charge in [-0.3, -0.25) is 9.59 Å². The summed E-state index contributed by atoms with van der Waals surface area (Å²) in [5.74, 6) is 0.844. The van der Waals surface area contributed by atoms with E-state index < -0.39 is 11.8 Å². The van der Waals surface area contributed by atoms with Crippen LogP contribution in [-0.2, 0) is 4.79 Å². The summed E-state index contributed by atoms with van der Waals surface area (Å²) in [6.45, 7) is -0.232. The van der Waals surface area contributed by atoms with Crippen LogP contribution in [0.5, 0.6) is 23.0 Å². The second-order valence-corrected chi connectivity index (χ2v) is 5.44. The molecule has 0 fully saturated rings. The number of ether oxygens (including phenoxy) is 4. The van der Waals surface area contributed by atoms with Gasteiger partial charge in [0, 0.05) is 11.1 Å². The average Bonchev–Trinajstić information content (AvgIpc) is 2.71. The number of carbonyl (C=O) groups excluding carboxylic acids is 2. The van der Waals surface area contributed by atoms with Gasteiger partial charge in [0.25, 0.3) is 11.8 Å². The van der Waals surface area contributed by atoms with Gasteiger partial charge in [0.05, 0.1) is 27.5 Å². The van der Waals surface area contributed by atoms with E-state index in [-0.39, 0.29) is 6.61 Å². The molecule has 28 heavy (non-hydrogen) atoms. The molecule has 9 heteroatoms. The highest BCUT2D eigenvalue weighted by Crippen LogP contribution is 2.37. The zero-order chi connectivity index (χ0) is 20.5. The van der Waals surface area contributed by atoms with E-state index in [1.807, 2.05) is 0 Å². The Labute approximate surface area is 162 Å². The van der Waals surface area contributed by atoms with Gasteiger partial charge < -0.3 is 24.7 Å². The molecule has 2 aromatic carbocycles. The molecule has 0 radical (unpaired) electrons. The van der Waals surface area contributed by atoms with E-state index >= 15 is 0 Å². The molecule has 9 nitrogen and oxygen atoms in total. The lowest BCUT2D eigenvalue weighted by Gasteiger charge is -2.12. The molecule has 0 bridgehead atoms. The topological polar surface area (TPSA) is 121 Å². The fourth-order valence-electron chi connectivity index (χ4n) is 2.26.